The summed E-state index contributed by atoms with van der Waals surface area (Å²) in [7, 11) is 0. The van der Waals surface area contributed by atoms with Gasteiger partial charge in [-0.05, 0) is 39.9 Å². The van der Waals surface area contributed by atoms with Crippen molar-refractivity contribution in [1.29, 1.82) is 0 Å². The molecule has 2 unspecified atom stereocenters. The van der Waals surface area contributed by atoms with E-state index in [1.807, 2.05) is 22.9 Å². The Morgan fingerprint density at radius 1 is 1.27 bits per heavy atom. The third-order valence-corrected chi connectivity index (χ3v) is 3.86. The molecule has 2 aromatic rings. The fourth-order valence-corrected chi connectivity index (χ4v) is 2.94. The molecule has 0 radical (unpaired) electrons. The Labute approximate surface area is 93.0 Å². The van der Waals surface area contributed by atoms with Crippen molar-refractivity contribution in [2.24, 2.45) is 0 Å². The maximum atomic E-state index is 10.2. The van der Waals surface area contributed by atoms with Gasteiger partial charge in [-0.1, -0.05) is 24.3 Å². The van der Waals surface area contributed by atoms with Crippen LogP contribution in [0.3, 0.4) is 0 Å². The molecule has 3 rings (SSSR count). The molecule has 0 spiro atoms. The van der Waals surface area contributed by atoms with E-state index < -0.39 is 0 Å². The molecule has 0 fully saturated rings. The molecule has 1 aliphatic carbocycles. The first-order valence-electron chi connectivity index (χ1n) is 5.14. The van der Waals surface area contributed by atoms with Crippen LogP contribution in [0.25, 0.3) is 0 Å². The summed E-state index contributed by atoms with van der Waals surface area (Å²) in [5, 5.41) is 14.2. The molecule has 0 bridgehead atoms. The Hall–Kier alpha value is -1.12. The van der Waals surface area contributed by atoms with Gasteiger partial charge in [0.25, 0.3) is 0 Å². The van der Waals surface area contributed by atoms with E-state index in [9.17, 15) is 5.11 Å². The number of hydrogen-bond acceptors (Lipinski definition) is 2. The molecule has 15 heavy (non-hydrogen) atoms. The quantitative estimate of drug-likeness (QED) is 0.817. The van der Waals surface area contributed by atoms with Crippen molar-refractivity contribution in [2.45, 2.75) is 18.4 Å². The minimum Gasteiger partial charge on any atom is -0.388 e. The lowest BCUT2D eigenvalue weighted by Gasteiger charge is -2.33. The van der Waals surface area contributed by atoms with Crippen LogP contribution in [0.15, 0.2) is 41.1 Å². The Balaban J connectivity index is 1.88. The number of rotatable bonds is 2. The monoisotopic (exact) mass is 216 g/mol. The number of hydrogen-bond donors (Lipinski definition) is 1. The number of aliphatic hydroxyl groups excluding tert-OH is 1. The second-order valence-corrected chi connectivity index (χ2v) is 4.79. The molecule has 0 saturated carbocycles. The third-order valence-electron chi connectivity index (χ3n) is 3.16. The topological polar surface area (TPSA) is 20.2 Å². The summed E-state index contributed by atoms with van der Waals surface area (Å²) in [5.74, 6) is 0.302. The summed E-state index contributed by atoms with van der Waals surface area (Å²) in [6, 6.07) is 10.4. The Bertz CT molecular complexity index is 461. The highest BCUT2D eigenvalue weighted by Gasteiger charge is 2.32. The smallest absolute Gasteiger partial charge is 0.0869 e. The summed E-state index contributed by atoms with van der Waals surface area (Å²) < 4.78 is 0. The van der Waals surface area contributed by atoms with E-state index in [1.165, 1.54) is 11.1 Å². The lowest BCUT2D eigenvalue weighted by Crippen LogP contribution is -2.23. The van der Waals surface area contributed by atoms with Crippen molar-refractivity contribution in [1.82, 2.24) is 0 Å². The standard InChI is InChI=1S/C13H12OS/c14-13(10-5-6-15-8-10)12-7-9-3-1-2-4-11(9)12/h1-6,8,12-14H,7H2. The molecule has 1 aromatic carbocycles. The van der Waals surface area contributed by atoms with Gasteiger partial charge < -0.3 is 5.11 Å². The van der Waals surface area contributed by atoms with Gasteiger partial charge in [0.1, 0.15) is 0 Å². The second-order valence-electron chi connectivity index (χ2n) is 4.01. The first kappa shape index (κ1) is 9.13. The molecule has 0 aliphatic heterocycles. The van der Waals surface area contributed by atoms with Gasteiger partial charge in [-0.15, -0.1) is 0 Å². The lowest BCUT2D eigenvalue weighted by atomic mass is 9.73. The van der Waals surface area contributed by atoms with Gasteiger partial charge in [-0.3, -0.25) is 0 Å². The molecule has 0 amide bonds. The molecule has 1 nitrogen and oxygen atoms in total. The van der Waals surface area contributed by atoms with E-state index in [4.69, 9.17) is 0 Å². The van der Waals surface area contributed by atoms with E-state index in [0.29, 0.717) is 5.92 Å². The summed E-state index contributed by atoms with van der Waals surface area (Å²) >= 11 is 1.64. The van der Waals surface area contributed by atoms with Crippen molar-refractivity contribution in [3.63, 3.8) is 0 Å². The van der Waals surface area contributed by atoms with Gasteiger partial charge in [0, 0.05) is 5.92 Å². The largest absolute Gasteiger partial charge is 0.388 e. The first-order valence-corrected chi connectivity index (χ1v) is 6.08. The van der Waals surface area contributed by atoms with Crippen LogP contribution in [0.4, 0.5) is 0 Å². The Morgan fingerprint density at radius 3 is 2.87 bits per heavy atom. The van der Waals surface area contributed by atoms with Gasteiger partial charge in [-0.25, -0.2) is 0 Å². The maximum Gasteiger partial charge on any atom is 0.0869 e. The molecule has 1 aromatic heterocycles. The van der Waals surface area contributed by atoms with Crippen LogP contribution < -0.4 is 0 Å². The summed E-state index contributed by atoms with van der Waals surface area (Å²) in [4.78, 5) is 0. The third kappa shape index (κ3) is 1.41. The molecule has 1 aliphatic rings. The van der Waals surface area contributed by atoms with Crippen molar-refractivity contribution in [3.05, 3.63) is 57.8 Å². The normalized spacial score (nSPS) is 20.5. The summed E-state index contributed by atoms with van der Waals surface area (Å²) in [5.41, 5.74) is 3.76. The van der Waals surface area contributed by atoms with E-state index in [1.54, 1.807) is 11.3 Å². The highest BCUT2D eigenvalue weighted by molar-refractivity contribution is 7.07. The molecule has 0 saturated heterocycles. The van der Waals surface area contributed by atoms with Gasteiger partial charge in [0.2, 0.25) is 0 Å². The Morgan fingerprint density at radius 2 is 2.13 bits per heavy atom. The highest BCUT2D eigenvalue weighted by atomic mass is 32.1. The predicted octanol–water partition coefficient (Wildman–Crippen LogP) is 3.12. The number of aliphatic hydroxyl groups is 1. The molecular formula is C13H12OS. The number of thiophene rings is 1. The fraction of sp³-hybridized carbons (Fsp3) is 0.231. The summed E-state index contributed by atoms with van der Waals surface area (Å²) in [6.07, 6.45) is 0.679. The molecule has 76 valence electrons. The molecule has 1 heterocycles. The Kier molecular flexibility index (Phi) is 2.11. The van der Waals surface area contributed by atoms with E-state index >= 15 is 0 Å². The second kappa shape index (κ2) is 3.47. The molecule has 2 atom stereocenters. The molecule has 1 N–H and O–H groups in total. The average Bonchev–Trinajstić information content (AvgIpc) is 2.72. The van der Waals surface area contributed by atoms with Crippen LogP contribution in [0.1, 0.15) is 28.7 Å². The van der Waals surface area contributed by atoms with Crippen LogP contribution >= 0.6 is 11.3 Å². The first-order chi connectivity index (χ1) is 7.36. The van der Waals surface area contributed by atoms with Crippen molar-refractivity contribution < 1.29 is 5.11 Å². The van der Waals surface area contributed by atoms with Crippen LogP contribution in [-0.2, 0) is 6.42 Å². The number of benzene rings is 1. The van der Waals surface area contributed by atoms with Crippen molar-refractivity contribution in [3.8, 4) is 0 Å². The maximum absolute atomic E-state index is 10.2. The molecule has 2 heteroatoms. The predicted molar refractivity (Wildman–Crippen MR) is 62.2 cm³/mol. The zero-order chi connectivity index (χ0) is 10.3. The molecular weight excluding hydrogens is 204 g/mol. The lowest BCUT2D eigenvalue weighted by molar-refractivity contribution is 0.135. The van der Waals surface area contributed by atoms with Gasteiger partial charge in [0.15, 0.2) is 0 Å². The van der Waals surface area contributed by atoms with Crippen molar-refractivity contribution in [2.75, 3.05) is 0 Å². The van der Waals surface area contributed by atoms with E-state index in [-0.39, 0.29) is 6.10 Å². The van der Waals surface area contributed by atoms with Gasteiger partial charge in [0.05, 0.1) is 6.10 Å². The van der Waals surface area contributed by atoms with Crippen LogP contribution in [0.2, 0.25) is 0 Å². The minimum absolute atomic E-state index is 0.302. The van der Waals surface area contributed by atoms with Gasteiger partial charge in [-0.2, -0.15) is 11.3 Å². The van der Waals surface area contributed by atoms with E-state index in [2.05, 4.69) is 18.2 Å². The van der Waals surface area contributed by atoms with Crippen LogP contribution in [0, 0.1) is 0 Å². The zero-order valence-electron chi connectivity index (χ0n) is 8.26. The average molecular weight is 216 g/mol. The highest BCUT2D eigenvalue weighted by Crippen LogP contribution is 2.43. The van der Waals surface area contributed by atoms with E-state index in [0.717, 1.165) is 12.0 Å². The van der Waals surface area contributed by atoms with Crippen LogP contribution in [0.5, 0.6) is 0 Å². The number of fused-ring (bicyclic) bond motifs is 1. The zero-order valence-corrected chi connectivity index (χ0v) is 9.08. The summed E-state index contributed by atoms with van der Waals surface area (Å²) in [6.45, 7) is 0. The van der Waals surface area contributed by atoms with Crippen molar-refractivity contribution >= 4 is 11.3 Å². The van der Waals surface area contributed by atoms with Gasteiger partial charge >= 0.3 is 0 Å². The van der Waals surface area contributed by atoms with Crippen LogP contribution in [-0.4, -0.2) is 5.11 Å². The minimum atomic E-state index is -0.328. The SMILES string of the molecule is OC(c1ccsc1)C1Cc2ccccc21. The fourth-order valence-electron chi connectivity index (χ4n) is 2.25.